The molecule has 0 unspecified atom stereocenters. The molecule has 0 radical (unpaired) electrons. The number of carboxylic acids is 1. The molecule has 0 saturated carbocycles. The van der Waals surface area contributed by atoms with Crippen LogP contribution in [0.15, 0.2) is 12.7 Å². The van der Waals surface area contributed by atoms with Crippen LogP contribution >= 0.6 is 0 Å². The van der Waals surface area contributed by atoms with Gasteiger partial charge in [0.25, 0.3) is 0 Å². The smallest absolute Gasteiger partial charge is 0.182 e. The van der Waals surface area contributed by atoms with E-state index in [1.165, 1.54) is 12.7 Å². The van der Waals surface area contributed by atoms with Gasteiger partial charge in [-0.15, -0.1) is 0 Å². The van der Waals surface area contributed by atoms with Crippen molar-refractivity contribution < 1.29 is 9.90 Å². The zero-order chi connectivity index (χ0) is 11.8. The van der Waals surface area contributed by atoms with Crippen molar-refractivity contribution in [2.75, 3.05) is 11.4 Å². The Morgan fingerprint density at radius 1 is 1.47 bits per heavy atom. The highest BCUT2D eigenvalue weighted by Gasteiger charge is 2.28. The Balaban J connectivity index is 2.08. The normalized spacial score (nSPS) is 20.0. The zero-order valence-corrected chi connectivity index (χ0v) is 8.96. The molecule has 1 aliphatic rings. The van der Waals surface area contributed by atoms with Gasteiger partial charge in [0.15, 0.2) is 11.5 Å². The highest BCUT2D eigenvalue weighted by atomic mass is 16.4. The molecule has 2 aromatic heterocycles. The number of aliphatic carboxylic acids is 1. The van der Waals surface area contributed by atoms with Crippen molar-refractivity contribution in [1.82, 2.24) is 19.9 Å². The zero-order valence-electron chi connectivity index (χ0n) is 8.96. The van der Waals surface area contributed by atoms with Crippen LogP contribution in [0, 0.1) is 0 Å². The molecule has 2 aromatic rings. The quantitative estimate of drug-likeness (QED) is 0.718. The lowest BCUT2D eigenvalue weighted by Gasteiger charge is -2.26. The first-order chi connectivity index (χ1) is 8.27. The van der Waals surface area contributed by atoms with Gasteiger partial charge in [-0.25, -0.2) is 15.0 Å². The van der Waals surface area contributed by atoms with Gasteiger partial charge in [0.05, 0.1) is 18.3 Å². The maximum atomic E-state index is 11.0. The Hall–Kier alpha value is -2.18. The van der Waals surface area contributed by atoms with E-state index in [4.69, 9.17) is 0 Å². The fraction of sp³-hybridized carbons (Fsp3) is 0.400. The molecule has 0 aliphatic carbocycles. The highest BCUT2D eigenvalue weighted by Crippen LogP contribution is 2.27. The average Bonchev–Trinajstić information content (AvgIpc) is 2.97. The number of hydrogen-bond acceptors (Lipinski definition) is 6. The number of hydrogen-bond donors (Lipinski definition) is 1. The minimum atomic E-state index is -1.06. The Kier molecular flexibility index (Phi) is 2.17. The van der Waals surface area contributed by atoms with E-state index < -0.39 is 12.0 Å². The summed E-state index contributed by atoms with van der Waals surface area (Å²) >= 11 is 0. The maximum absolute atomic E-state index is 11.0. The van der Waals surface area contributed by atoms with Gasteiger partial charge in [-0.2, -0.15) is 0 Å². The Morgan fingerprint density at radius 3 is 3.18 bits per heavy atom. The van der Waals surface area contributed by atoms with Gasteiger partial charge in [-0.3, -0.25) is 0 Å². The Bertz CT molecular complexity index is 567. The summed E-state index contributed by atoms with van der Waals surface area (Å²) in [6.45, 7) is 0.657. The molecule has 3 heterocycles. The van der Waals surface area contributed by atoms with Crippen LogP contribution in [0.1, 0.15) is 12.8 Å². The number of H-pyrrole nitrogens is 1. The number of nitrogens with zero attached hydrogens (tertiary/aromatic N) is 4. The molecule has 1 N–H and O–H groups in total. The first-order valence-electron chi connectivity index (χ1n) is 5.39. The number of anilines is 1. The van der Waals surface area contributed by atoms with Crippen molar-refractivity contribution in [2.45, 2.75) is 18.9 Å². The second-order valence-electron chi connectivity index (χ2n) is 3.97. The van der Waals surface area contributed by atoms with Crippen molar-refractivity contribution in [3.8, 4) is 0 Å². The van der Waals surface area contributed by atoms with Crippen LogP contribution in [0.4, 0.5) is 5.82 Å². The van der Waals surface area contributed by atoms with Crippen LogP contribution in [0.25, 0.3) is 11.2 Å². The second-order valence-corrected chi connectivity index (χ2v) is 3.97. The fourth-order valence-corrected chi connectivity index (χ4v) is 2.24. The molecule has 1 atom stereocenters. The fourth-order valence-electron chi connectivity index (χ4n) is 2.24. The summed E-state index contributed by atoms with van der Waals surface area (Å²) in [4.78, 5) is 27.9. The summed E-state index contributed by atoms with van der Waals surface area (Å²) in [7, 11) is 0. The number of rotatable bonds is 2. The van der Waals surface area contributed by atoms with Gasteiger partial charge in [0.1, 0.15) is 11.8 Å². The predicted molar refractivity (Wildman–Crippen MR) is 57.1 cm³/mol. The molecule has 3 rings (SSSR count). The number of nitrogens with one attached hydrogen (secondary N) is 1. The number of carbonyl (C=O) groups excluding carboxylic acids is 1. The summed E-state index contributed by atoms with van der Waals surface area (Å²) in [5.41, 5.74) is 1.21. The molecule has 17 heavy (non-hydrogen) atoms. The summed E-state index contributed by atoms with van der Waals surface area (Å²) in [5.74, 6) is -0.479. The molecule has 7 nitrogen and oxygen atoms in total. The monoisotopic (exact) mass is 232 g/mol. The van der Waals surface area contributed by atoms with E-state index in [1.807, 2.05) is 0 Å². The van der Waals surface area contributed by atoms with E-state index in [1.54, 1.807) is 4.90 Å². The van der Waals surface area contributed by atoms with Crippen molar-refractivity contribution in [1.29, 1.82) is 0 Å². The van der Waals surface area contributed by atoms with Gasteiger partial charge in [-0.1, -0.05) is 0 Å². The van der Waals surface area contributed by atoms with Crippen molar-refractivity contribution in [3.05, 3.63) is 12.7 Å². The van der Waals surface area contributed by atoms with Gasteiger partial charge in [0.2, 0.25) is 0 Å². The highest BCUT2D eigenvalue weighted by molar-refractivity contribution is 5.86. The van der Waals surface area contributed by atoms with Gasteiger partial charge in [-0.05, 0) is 12.8 Å². The second kappa shape index (κ2) is 3.69. The first kappa shape index (κ1) is 10.0. The van der Waals surface area contributed by atoms with Gasteiger partial charge >= 0.3 is 0 Å². The molecule has 1 fully saturated rings. The van der Waals surface area contributed by atoms with Crippen LogP contribution in [-0.2, 0) is 4.79 Å². The average molecular weight is 232 g/mol. The molecule has 0 aromatic carbocycles. The summed E-state index contributed by atoms with van der Waals surface area (Å²) in [5, 5.41) is 11.0. The number of carboxylic acid groups (broad SMARTS) is 1. The van der Waals surface area contributed by atoms with E-state index in [2.05, 4.69) is 19.9 Å². The molecule has 0 spiro atoms. The van der Waals surface area contributed by atoms with E-state index in [0.717, 1.165) is 6.42 Å². The molecular weight excluding hydrogens is 222 g/mol. The number of carbonyl (C=O) groups is 1. The lowest BCUT2D eigenvalue weighted by atomic mass is 10.2. The third kappa shape index (κ3) is 1.50. The van der Waals surface area contributed by atoms with Crippen LogP contribution < -0.4 is 10.0 Å². The Morgan fingerprint density at radius 2 is 2.35 bits per heavy atom. The van der Waals surface area contributed by atoms with E-state index >= 15 is 0 Å². The van der Waals surface area contributed by atoms with Gasteiger partial charge < -0.3 is 19.8 Å². The standard InChI is InChI=1S/C10H11N5O2/c16-10(17)6-2-1-3-15(6)9-7-8(12-4-11-7)13-5-14-9/h4-6H,1-3H2,(H,16,17)(H,11,12,13,14)/p-1/t6-/m0/s1. The molecule has 7 heteroatoms. The minimum Gasteiger partial charge on any atom is -0.548 e. The van der Waals surface area contributed by atoms with Crippen LogP contribution in [0.3, 0.4) is 0 Å². The third-order valence-electron chi connectivity index (χ3n) is 3.00. The minimum absolute atomic E-state index is 0.541. The lowest BCUT2D eigenvalue weighted by molar-refractivity contribution is -0.307. The maximum Gasteiger partial charge on any atom is 0.182 e. The summed E-state index contributed by atoms with van der Waals surface area (Å²) in [6, 6.07) is -0.614. The topological polar surface area (TPSA) is 97.8 Å². The number of imidazole rings is 1. The molecular formula is C10H10N5O2-. The molecule has 1 aliphatic heterocycles. The van der Waals surface area contributed by atoms with Crippen LogP contribution in [0.2, 0.25) is 0 Å². The first-order valence-corrected chi connectivity index (χ1v) is 5.39. The molecule has 0 amide bonds. The molecule has 88 valence electrons. The van der Waals surface area contributed by atoms with E-state index in [-0.39, 0.29) is 0 Å². The molecule has 1 saturated heterocycles. The van der Waals surface area contributed by atoms with Crippen LogP contribution in [-0.4, -0.2) is 38.5 Å². The van der Waals surface area contributed by atoms with E-state index in [9.17, 15) is 9.90 Å². The summed E-state index contributed by atoms with van der Waals surface area (Å²) < 4.78 is 0. The van der Waals surface area contributed by atoms with Crippen LogP contribution in [0.5, 0.6) is 0 Å². The largest absolute Gasteiger partial charge is 0.548 e. The molecule has 0 bridgehead atoms. The SMILES string of the molecule is O=C([O-])[C@@H]1CCCN1c1ncnc2nc[nH]c12. The van der Waals surface area contributed by atoms with Crippen molar-refractivity contribution in [3.63, 3.8) is 0 Å². The lowest BCUT2D eigenvalue weighted by Crippen LogP contribution is -2.44. The van der Waals surface area contributed by atoms with Crippen molar-refractivity contribution in [2.24, 2.45) is 0 Å². The summed E-state index contributed by atoms with van der Waals surface area (Å²) in [6.07, 6.45) is 4.32. The predicted octanol–water partition coefficient (Wildman–Crippen LogP) is -0.928. The third-order valence-corrected chi connectivity index (χ3v) is 3.00. The van der Waals surface area contributed by atoms with E-state index in [0.29, 0.717) is 29.9 Å². The number of aromatic amines is 1. The number of aromatic nitrogens is 4. The van der Waals surface area contributed by atoms with Crippen molar-refractivity contribution >= 4 is 23.0 Å². The Labute approximate surface area is 96.5 Å². The van der Waals surface area contributed by atoms with Gasteiger partial charge in [0, 0.05) is 6.54 Å². The number of fused-ring (bicyclic) bond motifs is 1.